The molecule has 2 rings (SSSR count). The predicted octanol–water partition coefficient (Wildman–Crippen LogP) is 0.843. The maximum atomic E-state index is 12.3. The van der Waals surface area contributed by atoms with Crippen LogP contribution in [0.15, 0.2) is 0 Å². The zero-order chi connectivity index (χ0) is 13.7. The van der Waals surface area contributed by atoms with Crippen LogP contribution in [0.1, 0.15) is 25.7 Å². The highest BCUT2D eigenvalue weighted by Crippen LogP contribution is 2.19. The van der Waals surface area contributed by atoms with E-state index in [0.29, 0.717) is 12.5 Å². The van der Waals surface area contributed by atoms with E-state index in [4.69, 9.17) is 0 Å². The number of carbonyl (C=O) groups excluding carboxylic acids is 2. The lowest BCUT2D eigenvalue weighted by molar-refractivity contribution is 0.151. The molecule has 0 radical (unpaired) electrons. The summed E-state index contributed by atoms with van der Waals surface area (Å²) in [6.07, 6.45) is 4.47. The molecule has 2 aliphatic heterocycles. The van der Waals surface area contributed by atoms with E-state index in [9.17, 15) is 9.59 Å². The van der Waals surface area contributed by atoms with Gasteiger partial charge in [-0.25, -0.2) is 9.59 Å². The fourth-order valence-electron chi connectivity index (χ4n) is 2.78. The van der Waals surface area contributed by atoms with Crippen LogP contribution in [0.5, 0.6) is 0 Å². The summed E-state index contributed by atoms with van der Waals surface area (Å²) in [5.41, 5.74) is 0. The van der Waals surface area contributed by atoms with Gasteiger partial charge >= 0.3 is 12.1 Å². The topological polar surface area (TPSA) is 64.7 Å². The third kappa shape index (κ3) is 3.75. The van der Waals surface area contributed by atoms with Crippen molar-refractivity contribution in [2.45, 2.75) is 25.7 Å². The molecule has 0 saturated carbocycles. The van der Waals surface area contributed by atoms with E-state index < -0.39 is 0 Å². The quantitative estimate of drug-likeness (QED) is 0.779. The molecule has 2 fully saturated rings. The van der Waals surface area contributed by atoms with Crippen LogP contribution in [0.3, 0.4) is 0 Å². The van der Waals surface area contributed by atoms with Crippen molar-refractivity contribution in [2.24, 2.45) is 5.92 Å². The van der Waals surface area contributed by atoms with Gasteiger partial charge in [-0.05, 0) is 31.6 Å². The molecule has 0 aromatic heterocycles. The Balaban J connectivity index is 1.74. The van der Waals surface area contributed by atoms with Crippen molar-refractivity contribution in [3.05, 3.63) is 0 Å². The second-order valence-electron chi connectivity index (χ2n) is 5.39. The number of hydrogen-bond donors (Lipinski definition) is 2. The molecule has 0 aromatic carbocycles. The summed E-state index contributed by atoms with van der Waals surface area (Å²) < 4.78 is 0. The number of likely N-dealkylation sites (tertiary alicyclic amines) is 2. The molecule has 2 saturated heterocycles. The zero-order valence-electron chi connectivity index (χ0n) is 11.7. The van der Waals surface area contributed by atoms with Gasteiger partial charge in [-0.1, -0.05) is 0 Å². The van der Waals surface area contributed by atoms with E-state index in [2.05, 4.69) is 10.6 Å². The van der Waals surface area contributed by atoms with Crippen LogP contribution in [-0.4, -0.2) is 61.6 Å². The summed E-state index contributed by atoms with van der Waals surface area (Å²) in [5.74, 6) is 0.381. The highest BCUT2D eigenvalue weighted by molar-refractivity contribution is 5.75. The molecule has 0 aliphatic carbocycles. The maximum Gasteiger partial charge on any atom is 0.320 e. The highest BCUT2D eigenvalue weighted by Gasteiger charge is 2.29. The second-order valence-corrected chi connectivity index (χ2v) is 5.39. The van der Waals surface area contributed by atoms with Gasteiger partial charge in [0.15, 0.2) is 0 Å². The van der Waals surface area contributed by atoms with Crippen molar-refractivity contribution in [2.75, 3.05) is 39.8 Å². The van der Waals surface area contributed by atoms with Gasteiger partial charge in [0, 0.05) is 39.8 Å². The lowest BCUT2D eigenvalue weighted by Crippen LogP contribution is -2.45. The number of rotatable bonds is 2. The Kier molecular flexibility index (Phi) is 4.87. The van der Waals surface area contributed by atoms with Gasteiger partial charge in [-0.3, -0.25) is 0 Å². The highest BCUT2D eigenvalue weighted by atomic mass is 16.2. The molecule has 0 aromatic rings. The van der Waals surface area contributed by atoms with E-state index in [1.165, 1.54) is 6.42 Å². The number of amides is 4. The average Bonchev–Trinajstić information content (AvgIpc) is 2.93. The zero-order valence-corrected chi connectivity index (χ0v) is 11.7. The van der Waals surface area contributed by atoms with Crippen LogP contribution in [0.25, 0.3) is 0 Å². The van der Waals surface area contributed by atoms with E-state index >= 15 is 0 Å². The van der Waals surface area contributed by atoms with Crippen LogP contribution >= 0.6 is 0 Å². The molecular formula is C13H24N4O2. The van der Waals surface area contributed by atoms with Gasteiger partial charge < -0.3 is 20.4 Å². The van der Waals surface area contributed by atoms with Crippen LogP contribution < -0.4 is 10.6 Å². The first-order chi connectivity index (χ1) is 9.20. The number of nitrogens with one attached hydrogen (secondary N) is 2. The normalized spacial score (nSPS) is 23.3. The van der Waals surface area contributed by atoms with Gasteiger partial charge in [-0.2, -0.15) is 0 Å². The first-order valence-corrected chi connectivity index (χ1v) is 7.20. The average molecular weight is 268 g/mol. The summed E-state index contributed by atoms with van der Waals surface area (Å²) in [4.78, 5) is 27.3. The number of hydrogen-bond acceptors (Lipinski definition) is 2. The van der Waals surface area contributed by atoms with Crippen molar-refractivity contribution in [3.8, 4) is 0 Å². The molecule has 19 heavy (non-hydrogen) atoms. The molecule has 2 heterocycles. The lowest BCUT2D eigenvalue weighted by Gasteiger charge is -2.31. The van der Waals surface area contributed by atoms with Gasteiger partial charge in [0.25, 0.3) is 0 Å². The lowest BCUT2D eigenvalue weighted by atomic mass is 10.1. The van der Waals surface area contributed by atoms with Crippen LogP contribution in [0.2, 0.25) is 0 Å². The predicted molar refractivity (Wildman–Crippen MR) is 73.0 cm³/mol. The Bertz CT molecular complexity index is 329. The molecule has 2 N–H and O–H groups in total. The molecular weight excluding hydrogens is 244 g/mol. The smallest absolute Gasteiger partial charge is 0.320 e. The largest absolute Gasteiger partial charge is 0.341 e. The minimum absolute atomic E-state index is 0.152. The van der Waals surface area contributed by atoms with Gasteiger partial charge in [0.1, 0.15) is 0 Å². The Morgan fingerprint density at radius 1 is 1.11 bits per heavy atom. The third-order valence-electron chi connectivity index (χ3n) is 3.96. The molecule has 0 unspecified atom stereocenters. The summed E-state index contributed by atoms with van der Waals surface area (Å²) in [6.45, 7) is 4.02. The number of nitrogens with zero attached hydrogens (tertiary/aromatic N) is 2. The van der Waals surface area contributed by atoms with Crippen LogP contribution in [0.4, 0.5) is 9.59 Å². The van der Waals surface area contributed by atoms with Gasteiger partial charge in [0.2, 0.25) is 0 Å². The van der Waals surface area contributed by atoms with E-state index in [1.807, 2.05) is 9.80 Å². The van der Waals surface area contributed by atoms with Crippen molar-refractivity contribution >= 4 is 12.1 Å². The number of piperidine rings is 1. The van der Waals surface area contributed by atoms with Crippen molar-refractivity contribution in [1.29, 1.82) is 0 Å². The minimum atomic E-state index is -0.152. The first kappa shape index (κ1) is 14.0. The fourth-order valence-corrected chi connectivity index (χ4v) is 2.78. The Morgan fingerprint density at radius 2 is 1.84 bits per heavy atom. The monoisotopic (exact) mass is 268 g/mol. The molecule has 1 atom stereocenters. The Labute approximate surface area is 114 Å². The van der Waals surface area contributed by atoms with E-state index in [-0.39, 0.29) is 12.1 Å². The van der Waals surface area contributed by atoms with Crippen LogP contribution in [0, 0.1) is 5.92 Å². The van der Waals surface area contributed by atoms with Crippen LogP contribution in [-0.2, 0) is 0 Å². The SMILES string of the molecule is CNC(=O)NC[C@H]1CCN(C(=O)N2CCCCC2)C1. The summed E-state index contributed by atoms with van der Waals surface area (Å²) in [6, 6.07) is 0.0305. The molecule has 6 nitrogen and oxygen atoms in total. The number of carbonyl (C=O) groups is 2. The van der Waals surface area contributed by atoms with Crippen molar-refractivity contribution < 1.29 is 9.59 Å². The summed E-state index contributed by atoms with van der Waals surface area (Å²) >= 11 is 0. The fraction of sp³-hybridized carbons (Fsp3) is 0.846. The minimum Gasteiger partial charge on any atom is -0.341 e. The number of urea groups is 2. The van der Waals surface area contributed by atoms with Gasteiger partial charge in [0.05, 0.1) is 0 Å². The third-order valence-corrected chi connectivity index (χ3v) is 3.96. The molecule has 108 valence electrons. The van der Waals surface area contributed by atoms with Crippen molar-refractivity contribution in [1.82, 2.24) is 20.4 Å². The standard InChI is InChI=1S/C13H24N4O2/c1-14-12(18)15-9-11-5-8-17(10-11)13(19)16-6-3-2-4-7-16/h11H,2-10H2,1H3,(H2,14,15,18)/t11-/m1/s1. The Morgan fingerprint density at radius 3 is 2.53 bits per heavy atom. The second kappa shape index (κ2) is 6.63. The molecule has 6 heteroatoms. The summed E-state index contributed by atoms with van der Waals surface area (Å²) in [7, 11) is 1.61. The molecule has 4 amide bonds. The van der Waals surface area contributed by atoms with Gasteiger partial charge in [-0.15, -0.1) is 0 Å². The first-order valence-electron chi connectivity index (χ1n) is 7.20. The molecule has 2 aliphatic rings. The maximum absolute atomic E-state index is 12.3. The summed E-state index contributed by atoms with van der Waals surface area (Å²) in [5, 5.41) is 5.35. The molecule has 0 bridgehead atoms. The van der Waals surface area contributed by atoms with E-state index in [0.717, 1.165) is 45.4 Å². The van der Waals surface area contributed by atoms with Crippen molar-refractivity contribution in [3.63, 3.8) is 0 Å². The Hall–Kier alpha value is -1.46. The molecule has 0 spiro atoms. The van der Waals surface area contributed by atoms with E-state index in [1.54, 1.807) is 7.05 Å².